The predicted molar refractivity (Wildman–Crippen MR) is 103 cm³/mol. The van der Waals surface area contributed by atoms with Gasteiger partial charge in [0.2, 0.25) is 0 Å². The fourth-order valence-electron chi connectivity index (χ4n) is 2.27. The Morgan fingerprint density at radius 3 is 1.86 bits per heavy atom. The second-order valence-electron chi connectivity index (χ2n) is 6.43. The Morgan fingerprint density at radius 1 is 0.955 bits per heavy atom. The summed E-state index contributed by atoms with van der Waals surface area (Å²) in [5, 5.41) is 0. The molecule has 0 aliphatic carbocycles. The van der Waals surface area contributed by atoms with Crippen LogP contribution in [0.5, 0.6) is 0 Å². The van der Waals surface area contributed by atoms with E-state index in [-0.39, 0.29) is 5.97 Å². The molecule has 0 aliphatic heterocycles. The minimum atomic E-state index is -0.659. The van der Waals surface area contributed by atoms with Gasteiger partial charge in [-0.1, -0.05) is 76.9 Å². The highest BCUT2D eigenvalue weighted by molar-refractivity contribution is 8.23. The molecule has 0 radical (unpaired) electrons. The van der Waals surface area contributed by atoms with Gasteiger partial charge in [0.15, 0.2) is 0 Å². The molecule has 130 valence electrons. The van der Waals surface area contributed by atoms with Crippen molar-refractivity contribution in [1.29, 1.82) is 0 Å². The van der Waals surface area contributed by atoms with Crippen molar-refractivity contribution in [3.05, 3.63) is 0 Å². The van der Waals surface area contributed by atoms with Gasteiger partial charge < -0.3 is 4.74 Å². The molecule has 0 aromatic heterocycles. The SMILES string of the molecule is CCCCCCCCCCCCSC(=S)C(C)(C)C(=O)OC. The van der Waals surface area contributed by atoms with E-state index < -0.39 is 5.41 Å². The number of thioether (sulfide) groups is 1. The van der Waals surface area contributed by atoms with Crippen LogP contribution in [0, 0.1) is 5.41 Å². The number of thiocarbonyl (C=S) groups is 1. The van der Waals surface area contributed by atoms with Gasteiger partial charge in [-0.25, -0.2) is 0 Å². The Bertz CT molecular complexity index is 314. The lowest BCUT2D eigenvalue weighted by atomic mass is 9.97. The molecule has 0 amide bonds. The summed E-state index contributed by atoms with van der Waals surface area (Å²) < 4.78 is 5.55. The van der Waals surface area contributed by atoms with Crippen LogP contribution in [0.1, 0.15) is 85.0 Å². The van der Waals surface area contributed by atoms with Gasteiger partial charge in [0, 0.05) is 0 Å². The molecule has 0 saturated carbocycles. The van der Waals surface area contributed by atoms with Gasteiger partial charge in [-0.15, -0.1) is 11.8 Å². The summed E-state index contributed by atoms with van der Waals surface area (Å²) in [5.74, 6) is 0.767. The maximum atomic E-state index is 11.7. The van der Waals surface area contributed by atoms with Crippen LogP contribution in [0.25, 0.3) is 0 Å². The molecule has 0 unspecified atom stereocenters. The highest BCUT2D eigenvalue weighted by atomic mass is 32.2. The minimum Gasteiger partial charge on any atom is -0.468 e. The van der Waals surface area contributed by atoms with Crippen molar-refractivity contribution in [2.24, 2.45) is 5.41 Å². The van der Waals surface area contributed by atoms with E-state index in [4.69, 9.17) is 17.0 Å². The second kappa shape index (κ2) is 13.4. The number of hydrogen-bond acceptors (Lipinski definition) is 4. The lowest BCUT2D eigenvalue weighted by Gasteiger charge is -2.21. The summed E-state index contributed by atoms with van der Waals surface area (Å²) in [6.45, 7) is 5.94. The van der Waals surface area contributed by atoms with Gasteiger partial charge in [-0.2, -0.15) is 0 Å². The zero-order valence-corrected chi connectivity index (χ0v) is 16.5. The predicted octanol–water partition coefficient (Wildman–Crippen LogP) is 6.17. The number of unbranched alkanes of at least 4 members (excludes halogenated alkanes) is 9. The van der Waals surface area contributed by atoms with E-state index >= 15 is 0 Å². The van der Waals surface area contributed by atoms with Crippen LogP contribution in [-0.4, -0.2) is 23.0 Å². The summed E-state index contributed by atoms with van der Waals surface area (Å²) in [6, 6.07) is 0. The molecule has 4 heteroatoms. The number of hydrogen-bond donors (Lipinski definition) is 0. The molecule has 2 nitrogen and oxygen atoms in total. The molecule has 0 heterocycles. The van der Waals surface area contributed by atoms with Crippen molar-refractivity contribution >= 4 is 34.1 Å². The topological polar surface area (TPSA) is 26.3 Å². The molecule has 0 spiro atoms. The second-order valence-corrected chi connectivity index (χ2v) is 8.21. The van der Waals surface area contributed by atoms with E-state index in [1.807, 2.05) is 13.8 Å². The number of ether oxygens (including phenoxy) is 1. The fraction of sp³-hybridized carbons (Fsp3) is 0.889. The van der Waals surface area contributed by atoms with Crippen molar-refractivity contribution in [2.45, 2.75) is 85.0 Å². The molecule has 0 aromatic carbocycles. The van der Waals surface area contributed by atoms with E-state index in [2.05, 4.69) is 6.92 Å². The third-order valence-corrected chi connectivity index (χ3v) is 6.07. The zero-order chi connectivity index (χ0) is 16.8. The number of carbonyl (C=O) groups excluding carboxylic acids is 1. The summed E-state index contributed by atoms with van der Waals surface area (Å²) in [4.78, 5) is 11.7. The van der Waals surface area contributed by atoms with Crippen molar-refractivity contribution in [3.63, 3.8) is 0 Å². The molecule has 22 heavy (non-hydrogen) atoms. The lowest BCUT2D eigenvalue weighted by molar-refractivity contribution is -0.146. The maximum Gasteiger partial charge on any atom is 0.317 e. The Morgan fingerprint density at radius 2 is 1.41 bits per heavy atom. The Balaban J connectivity index is 3.50. The number of esters is 1. The van der Waals surface area contributed by atoms with Gasteiger partial charge in [0.05, 0.1) is 11.3 Å². The molecule has 0 N–H and O–H groups in total. The summed E-state index contributed by atoms with van der Waals surface area (Å²) >= 11 is 7.00. The lowest BCUT2D eigenvalue weighted by Crippen LogP contribution is -2.31. The number of rotatable bonds is 13. The highest BCUT2D eigenvalue weighted by Gasteiger charge is 2.33. The third kappa shape index (κ3) is 9.83. The van der Waals surface area contributed by atoms with Gasteiger partial charge in [0.1, 0.15) is 5.41 Å². The van der Waals surface area contributed by atoms with E-state index in [9.17, 15) is 4.79 Å². The molecular formula is C18H34O2S2. The van der Waals surface area contributed by atoms with Gasteiger partial charge in [-0.05, 0) is 26.0 Å². The molecule has 0 aliphatic rings. The first-order valence-electron chi connectivity index (χ1n) is 8.72. The molecule has 0 saturated heterocycles. The standard InChI is InChI=1S/C18H34O2S2/c1-5-6-7-8-9-10-11-12-13-14-15-22-17(21)18(2,3)16(19)20-4/h5-15H2,1-4H3. The van der Waals surface area contributed by atoms with Crippen LogP contribution < -0.4 is 0 Å². The number of methoxy groups -OCH3 is 1. The first kappa shape index (κ1) is 21.9. The van der Waals surface area contributed by atoms with Crippen LogP contribution in [-0.2, 0) is 9.53 Å². The third-order valence-electron chi connectivity index (χ3n) is 3.94. The van der Waals surface area contributed by atoms with E-state index in [0.29, 0.717) is 0 Å². The van der Waals surface area contributed by atoms with E-state index in [1.165, 1.54) is 71.3 Å². The van der Waals surface area contributed by atoms with Crippen LogP contribution in [0.2, 0.25) is 0 Å². The van der Waals surface area contributed by atoms with E-state index in [0.717, 1.165) is 9.95 Å². The quantitative estimate of drug-likeness (QED) is 0.226. The normalized spacial score (nSPS) is 11.5. The Kier molecular flexibility index (Phi) is 13.3. The molecular weight excluding hydrogens is 312 g/mol. The summed E-state index contributed by atoms with van der Waals surface area (Å²) in [6.07, 6.45) is 13.4. The molecule has 0 aromatic rings. The van der Waals surface area contributed by atoms with Crippen LogP contribution >= 0.6 is 24.0 Å². The van der Waals surface area contributed by atoms with Crippen molar-refractivity contribution in [2.75, 3.05) is 12.9 Å². The fourth-order valence-corrected chi connectivity index (χ4v) is 3.58. The molecule has 0 bridgehead atoms. The zero-order valence-electron chi connectivity index (χ0n) is 14.9. The van der Waals surface area contributed by atoms with Gasteiger partial charge >= 0.3 is 5.97 Å². The van der Waals surface area contributed by atoms with E-state index in [1.54, 1.807) is 11.8 Å². The number of carbonyl (C=O) groups is 1. The largest absolute Gasteiger partial charge is 0.468 e. The van der Waals surface area contributed by atoms with Gasteiger partial charge in [0.25, 0.3) is 0 Å². The average Bonchev–Trinajstić information content (AvgIpc) is 2.51. The molecule has 0 fully saturated rings. The minimum absolute atomic E-state index is 0.243. The van der Waals surface area contributed by atoms with Crippen LogP contribution in [0.15, 0.2) is 0 Å². The maximum absolute atomic E-state index is 11.7. The molecule has 0 atom stereocenters. The van der Waals surface area contributed by atoms with Gasteiger partial charge in [-0.3, -0.25) is 4.79 Å². The monoisotopic (exact) mass is 346 g/mol. The van der Waals surface area contributed by atoms with Crippen LogP contribution in [0.4, 0.5) is 0 Å². The Hall–Kier alpha value is -0.0900. The van der Waals surface area contributed by atoms with Crippen molar-refractivity contribution in [1.82, 2.24) is 0 Å². The van der Waals surface area contributed by atoms with Crippen molar-refractivity contribution < 1.29 is 9.53 Å². The average molecular weight is 347 g/mol. The first-order chi connectivity index (χ1) is 10.5. The molecule has 0 rings (SSSR count). The summed E-state index contributed by atoms with van der Waals surface area (Å²) in [7, 11) is 1.42. The summed E-state index contributed by atoms with van der Waals surface area (Å²) in [5.41, 5.74) is -0.659. The van der Waals surface area contributed by atoms with Crippen LogP contribution in [0.3, 0.4) is 0 Å². The highest BCUT2D eigenvalue weighted by Crippen LogP contribution is 2.28. The smallest absolute Gasteiger partial charge is 0.317 e. The van der Waals surface area contributed by atoms with Crippen molar-refractivity contribution in [3.8, 4) is 0 Å². The Labute approximate surface area is 147 Å². The first-order valence-corrected chi connectivity index (χ1v) is 10.1.